The van der Waals surface area contributed by atoms with Crippen molar-refractivity contribution < 1.29 is 9.18 Å². The number of halogens is 1. The quantitative estimate of drug-likeness (QED) is 0.878. The third-order valence-corrected chi connectivity index (χ3v) is 2.79. The Balaban J connectivity index is 1.70. The number of hydrogen-bond donors (Lipinski definition) is 2. The van der Waals surface area contributed by atoms with Crippen LogP contribution >= 0.6 is 0 Å². The van der Waals surface area contributed by atoms with Gasteiger partial charge >= 0.3 is 6.03 Å². The van der Waals surface area contributed by atoms with Crippen LogP contribution in [0.3, 0.4) is 0 Å². The monoisotopic (exact) mass is 273 g/mol. The molecule has 0 saturated heterocycles. The zero-order valence-corrected chi connectivity index (χ0v) is 11.0. The first kappa shape index (κ1) is 14.0. The van der Waals surface area contributed by atoms with E-state index in [0.29, 0.717) is 6.54 Å². The molecular weight excluding hydrogens is 257 g/mol. The largest absolute Gasteiger partial charge is 0.338 e. The number of pyridine rings is 1. The fourth-order valence-electron chi connectivity index (χ4n) is 1.74. The first-order valence-corrected chi connectivity index (χ1v) is 6.41. The first-order chi connectivity index (χ1) is 9.75. The Morgan fingerprint density at radius 2 is 1.90 bits per heavy atom. The van der Waals surface area contributed by atoms with E-state index in [4.69, 9.17) is 0 Å². The number of rotatable bonds is 5. The third kappa shape index (κ3) is 4.35. The molecule has 0 aliphatic heterocycles. The van der Waals surface area contributed by atoms with Crippen LogP contribution in [0.15, 0.2) is 48.7 Å². The smallest absolute Gasteiger partial charge is 0.315 e. The van der Waals surface area contributed by atoms with Crippen LogP contribution in [0.5, 0.6) is 0 Å². The zero-order valence-electron chi connectivity index (χ0n) is 11.0. The molecular formula is C15H16FN3O. The van der Waals surface area contributed by atoms with Gasteiger partial charge in [0.1, 0.15) is 5.82 Å². The number of aromatic nitrogens is 1. The fraction of sp³-hybridized carbons (Fsp3) is 0.200. The minimum atomic E-state index is -0.419. The Hall–Kier alpha value is -2.43. The summed E-state index contributed by atoms with van der Waals surface area (Å²) in [5.74, 6) is -0.419. The van der Waals surface area contributed by atoms with Gasteiger partial charge in [0.05, 0.1) is 12.2 Å². The highest BCUT2D eigenvalue weighted by atomic mass is 19.1. The summed E-state index contributed by atoms with van der Waals surface area (Å²) >= 11 is 0. The Labute approximate surface area is 117 Å². The summed E-state index contributed by atoms with van der Waals surface area (Å²) in [6.45, 7) is 0.602. The van der Waals surface area contributed by atoms with Gasteiger partial charge < -0.3 is 10.6 Å². The molecule has 0 unspecified atom stereocenters. The predicted octanol–water partition coefficient (Wildman–Crippen LogP) is 2.26. The molecule has 2 N–H and O–H groups in total. The standard InChI is InChI=1S/C15H16FN3O/c16-13-7-4-9-17-14(13)11-19-15(20)18-10-8-12-5-2-1-3-6-12/h1-7,9H,8,10-11H2,(H2,18,19,20). The van der Waals surface area contributed by atoms with Gasteiger partial charge in [-0.25, -0.2) is 9.18 Å². The molecule has 4 nitrogen and oxygen atoms in total. The maximum Gasteiger partial charge on any atom is 0.315 e. The van der Waals surface area contributed by atoms with Crippen LogP contribution in [0.25, 0.3) is 0 Å². The molecule has 2 rings (SSSR count). The van der Waals surface area contributed by atoms with Crippen LogP contribution in [0.1, 0.15) is 11.3 Å². The highest BCUT2D eigenvalue weighted by Gasteiger charge is 2.04. The Morgan fingerprint density at radius 1 is 1.10 bits per heavy atom. The number of hydrogen-bond acceptors (Lipinski definition) is 2. The van der Waals surface area contributed by atoms with E-state index < -0.39 is 5.82 Å². The third-order valence-electron chi connectivity index (χ3n) is 2.79. The summed E-state index contributed by atoms with van der Waals surface area (Å²) in [6.07, 6.45) is 2.25. The van der Waals surface area contributed by atoms with Crippen molar-refractivity contribution in [3.05, 3.63) is 65.7 Å². The molecule has 5 heteroatoms. The SMILES string of the molecule is O=C(NCCc1ccccc1)NCc1ncccc1F. The van der Waals surface area contributed by atoms with E-state index in [2.05, 4.69) is 15.6 Å². The van der Waals surface area contributed by atoms with E-state index in [9.17, 15) is 9.18 Å². The topological polar surface area (TPSA) is 54.0 Å². The van der Waals surface area contributed by atoms with Crippen LogP contribution in [-0.2, 0) is 13.0 Å². The van der Waals surface area contributed by atoms with Crippen molar-refractivity contribution in [1.82, 2.24) is 15.6 Å². The van der Waals surface area contributed by atoms with Crippen molar-refractivity contribution in [2.75, 3.05) is 6.54 Å². The number of carbonyl (C=O) groups is 1. The van der Waals surface area contributed by atoms with E-state index in [1.807, 2.05) is 30.3 Å². The van der Waals surface area contributed by atoms with Gasteiger partial charge in [0.15, 0.2) is 0 Å². The number of benzene rings is 1. The maximum atomic E-state index is 13.3. The molecule has 0 fully saturated rings. The van der Waals surface area contributed by atoms with Gasteiger partial charge in [0, 0.05) is 12.7 Å². The second-order valence-electron chi connectivity index (χ2n) is 4.28. The molecule has 0 saturated carbocycles. The van der Waals surface area contributed by atoms with E-state index in [-0.39, 0.29) is 18.3 Å². The molecule has 20 heavy (non-hydrogen) atoms. The normalized spacial score (nSPS) is 10.1. The van der Waals surface area contributed by atoms with Crippen LogP contribution in [0.4, 0.5) is 9.18 Å². The first-order valence-electron chi connectivity index (χ1n) is 6.41. The molecule has 0 bridgehead atoms. The van der Waals surface area contributed by atoms with Crippen LogP contribution in [0, 0.1) is 5.82 Å². The average Bonchev–Trinajstić information content (AvgIpc) is 2.47. The molecule has 2 aromatic rings. The highest BCUT2D eigenvalue weighted by molar-refractivity contribution is 5.73. The second-order valence-corrected chi connectivity index (χ2v) is 4.28. The molecule has 104 valence electrons. The predicted molar refractivity (Wildman–Crippen MR) is 74.6 cm³/mol. The summed E-state index contributed by atoms with van der Waals surface area (Å²) in [6, 6.07) is 12.4. The molecule has 1 heterocycles. The van der Waals surface area contributed by atoms with E-state index in [1.165, 1.54) is 18.3 Å². The Morgan fingerprint density at radius 3 is 2.65 bits per heavy atom. The fourth-order valence-corrected chi connectivity index (χ4v) is 1.74. The lowest BCUT2D eigenvalue weighted by atomic mass is 10.1. The van der Waals surface area contributed by atoms with Crippen molar-refractivity contribution in [2.24, 2.45) is 0 Å². The zero-order chi connectivity index (χ0) is 14.2. The summed E-state index contributed by atoms with van der Waals surface area (Å²) in [5.41, 5.74) is 1.38. The second kappa shape index (κ2) is 7.23. The maximum absolute atomic E-state index is 13.3. The minimum Gasteiger partial charge on any atom is -0.338 e. The lowest BCUT2D eigenvalue weighted by Gasteiger charge is -2.07. The van der Waals surface area contributed by atoms with Gasteiger partial charge in [-0.15, -0.1) is 0 Å². The molecule has 2 amide bonds. The van der Waals surface area contributed by atoms with Crippen LogP contribution < -0.4 is 10.6 Å². The van der Waals surface area contributed by atoms with Crippen molar-refractivity contribution >= 4 is 6.03 Å². The number of nitrogens with zero attached hydrogens (tertiary/aromatic N) is 1. The van der Waals surface area contributed by atoms with E-state index in [1.54, 1.807) is 0 Å². The van der Waals surface area contributed by atoms with Crippen molar-refractivity contribution in [1.29, 1.82) is 0 Å². The molecule has 1 aromatic heterocycles. The minimum absolute atomic E-state index is 0.0733. The lowest BCUT2D eigenvalue weighted by molar-refractivity contribution is 0.240. The van der Waals surface area contributed by atoms with Crippen molar-refractivity contribution in [2.45, 2.75) is 13.0 Å². The average molecular weight is 273 g/mol. The van der Waals surface area contributed by atoms with Crippen LogP contribution in [-0.4, -0.2) is 17.6 Å². The van der Waals surface area contributed by atoms with Crippen molar-refractivity contribution in [3.63, 3.8) is 0 Å². The lowest BCUT2D eigenvalue weighted by Crippen LogP contribution is -2.36. The highest BCUT2D eigenvalue weighted by Crippen LogP contribution is 2.01. The summed E-state index contributed by atoms with van der Waals surface area (Å²) in [4.78, 5) is 15.4. The van der Waals surface area contributed by atoms with Gasteiger partial charge in [-0.2, -0.15) is 0 Å². The molecule has 0 aliphatic rings. The summed E-state index contributed by atoms with van der Waals surface area (Å²) < 4.78 is 13.3. The van der Waals surface area contributed by atoms with Gasteiger partial charge in [0.2, 0.25) is 0 Å². The molecule has 0 aliphatic carbocycles. The van der Waals surface area contributed by atoms with Crippen molar-refractivity contribution in [3.8, 4) is 0 Å². The Kier molecular flexibility index (Phi) is 5.06. The van der Waals surface area contributed by atoms with Gasteiger partial charge in [-0.1, -0.05) is 30.3 Å². The van der Waals surface area contributed by atoms with Gasteiger partial charge in [-0.3, -0.25) is 4.98 Å². The molecule has 1 aromatic carbocycles. The Bertz CT molecular complexity index is 560. The summed E-state index contributed by atoms with van der Waals surface area (Å²) in [7, 11) is 0. The molecule has 0 radical (unpaired) electrons. The molecule has 0 spiro atoms. The number of nitrogens with one attached hydrogen (secondary N) is 2. The summed E-state index contributed by atoms with van der Waals surface area (Å²) in [5, 5.41) is 5.29. The van der Waals surface area contributed by atoms with E-state index >= 15 is 0 Å². The van der Waals surface area contributed by atoms with E-state index in [0.717, 1.165) is 12.0 Å². The number of carbonyl (C=O) groups excluding carboxylic acids is 1. The van der Waals surface area contributed by atoms with Gasteiger partial charge in [0.25, 0.3) is 0 Å². The van der Waals surface area contributed by atoms with Crippen LogP contribution in [0.2, 0.25) is 0 Å². The number of amides is 2. The molecule has 0 atom stereocenters. The number of urea groups is 1. The van der Waals surface area contributed by atoms with Gasteiger partial charge in [-0.05, 0) is 24.1 Å².